The van der Waals surface area contributed by atoms with E-state index in [2.05, 4.69) is 17.0 Å². The minimum absolute atomic E-state index is 0. The molecule has 132 valence electrons. The summed E-state index contributed by atoms with van der Waals surface area (Å²) in [5.74, 6) is 0.0887. The number of rotatable bonds is 4. The van der Waals surface area contributed by atoms with Crippen LogP contribution in [0.5, 0.6) is 0 Å². The topological polar surface area (TPSA) is 49.6 Å². The number of carbonyl (C=O) groups excluding carboxylic acids is 1. The zero-order valence-corrected chi connectivity index (χ0v) is 15.8. The fourth-order valence-corrected chi connectivity index (χ4v) is 2.73. The van der Waals surface area contributed by atoms with Gasteiger partial charge in [-0.1, -0.05) is 30.7 Å². The van der Waals surface area contributed by atoms with Crippen molar-refractivity contribution in [3.63, 3.8) is 0 Å². The van der Waals surface area contributed by atoms with E-state index in [1.807, 2.05) is 24.0 Å². The molecule has 2 rings (SSSR count). The van der Waals surface area contributed by atoms with Crippen molar-refractivity contribution >= 4 is 42.3 Å². The SMILES string of the molecule is CC[C@H](N)C(=O)N1CCCN(Cc2ccc(Cl)cc2)CC1.Cl.Cl. The third-order valence-electron chi connectivity index (χ3n) is 3.98. The molecule has 0 radical (unpaired) electrons. The lowest BCUT2D eigenvalue weighted by Gasteiger charge is -2.24. The normalized spacial score (nSPS) is 16.7. The van der Waals surface area contributed by atoms with Gasteiger partial charge < -0.3 is 10.6 Å². The van der Waals surface area contributed by atoms with Gasteiger partial charge in [0.2, 0.25) is 5.91 Å². The van der Waals surface area contributed by atoms with Gasteiger partial charge in [0.15, 0.2) is 0 Å². The van der Waals surface area contributed by atoms with Gasteiger partial charge in [-0.25, -0.2) is 0 Å². The number of halogens is 3. The number of amides is 1. The number of benzene rings is 1. The monoisotopic (exact) mass is 381 g/mol. The van der Waals surface area contributed by atoms with Crippen molar-refractivity contribution in [3.05, 3.63) is 34.9 Å². The molecule has 1 fully saturated rings. The van der Waals surface area contributed by atoms with Gasteiger partial charge in [-0.05, 0) is 30.5 Å². The van der Waals surface area contributed by atoms with Crippen LogP contribution in [-0.2, 0) is 11.3 Å². The molecule has 1 aromatic rings. The highest BCUT2D eigenvalue weighted by Gasteiger charge is 2.22. The number of nitrogens with zero attached hydrogens (tertiary/aromatic N) is 2. The second kappa shape index (κ2) is 11.1. The summed E-state index contributed by atoms with van der Waals surface area (Å²) in [6, 6.07) is 7.61. The zero-order valence-electron chi connectivity index (χ0n) is 13.4. The van der Waals surface area contributed by atoms with Crippen LogP contribution in [0.1, 0.15) is 25.3 Å². The van der Waals surface area contributed by atoms with Crippen molar-refractivity contribution in [2.24, 2.45) is 5.73 Å². The van der Waals surface area contributed by atoms with Crippen molar-refractivity contribution in [1.29, 1.82) is 0 Å². The van der Waals surface area contributed by atoms with Gasteiger partial charge in [0.1, 0.15) is 0 Å². The van der Waals surface area contributed by atoms with E-state index in [1.54, 1.807) is 0 Å². The van der Waals surface area contributed by atoms with Crippen LogP contribution in [0.25, 0.3) is 0 Å². The fraction of sp³-hybridized carbons (Fsp3) is 0.562. The molecule has 1 aliphatic rings. The third-order valence-corrected chi connectivity index (χ3v) is 4.23. The van der Waals surface area contributed by atoms with E-state index in [9.17, 15) is 4.79 Å². The van der Waals surface area contributed by atoms with Gasteiger partial charge in [0.05, 0.1) is 6.04 Å². The number of carbonyl (C=O) groups is 1. The molecule has 1 amide bonds. The van der Waals surface area contributed by atoms with E-state index >= 15 is 0 Å². The molecule has 1 aromatic carbocycles. The molecule has 4 nitrogen and oxygen atoms in total. The molecule has 0 spiro atoms. The maximum absolute atomic E-state index is 12.2. The largest absolute Gasteiger partial charge is 0.340 e. The predicted octanol–water partition coefficient (Wildman–Crippen LogP) is 2.96. The first-order valence-corrected chi connectivity index (χ1v) is 7.99. The predicted molar refractivity (Wildman–Crippen MR) is 101 cm³/mol. The molecule has 7 heteroatoms. The van der Waals surface area contributed by atoms with Crippen LogP contribution in [0.4, 0.5) is 0 Å². The molecule has 2 N–H and O–H groups in total. The maximum atomic E-state index is 12.2. The summed E-state index contributed by atoms with van der Waals surface area (Å²) in [7, 11) is 0. The highest BCUT2D eigenvalue weighted by molar-refractivity contribution is 6.30. The Hall–Kier alpha value is -0.520. The van der Waals surface area contributed by atoms with Gasteiger partial charge in [-0.2, -0.15) is 0 Å². The van der Waals surface area contributed by atoms with Crippen molar-refractivity contribution in [2.45, 2.75) is 32.4 Å². The first-order valence-electron chi connectivity index (χ1n) is 7.61. The highest BCUT2D eigenvalue weighted by atomic mass is 35.5. The second-order valence-corrected chi connectivity index (χ2v) is 6.03. The molecule has 23 heavy (non-hydrogen) atoms. The minimum atomic E-state index is -0.354. The molecule has 0 aliphatic carbocycles. The van der Waals surface area contributed by atoms with E-state index in [-0.39, 0.29) is 36.8 Å². The Morgan fingerprint density at radius 3 is 2.43 bits per heavy atom. The number of hydrogen-bond donors (Lipinski definition) is 1. The fourth-order valence-electron chi connectivity index (χ4n) is 2.61. The standard InChI is InChI=1S/C16H24ClN3O.2ClH/c1-2-15(18)16(21)20-9-3-8-19(10-11-20)12-13-4-6-14(17)7-5-13;;/h4-7,15H,2-3,8-12,18H2,1H3;2*1H/t15-;;/m0../s1. The first kappa shape index (κ1) is 22.5. The van der Waals surface area contributed by atoms with Gasteiger partial charge in [0.25, 0.3) is 0 Å². The first-order chi connectivity index (χ1) is 10.1. The lowest BCUT2D eigenvalue weighted by Crippen LogP contribution is -2.44. The quantitative estimate of drug-likeness (QED) is 0.871. The van der Waals surface area contributed by atoms with E-state index in [0.717, 1.165) is 44.2 Å². The number of nitrogens with two attached hydrogens (primary N) is 1. The lowest BCUT2D eigenvalue weighted by molar-refractivity contribution is -0.132. The summed E-state index contributed by atoms with van der Waals surface area (Å²) in [5.41, 5.74) is 7.11. The van der Waals surface area contributed by atoms with Crippen LogP contribution in [0.15, 0.2) is 24.3 Å². The molecule has 1 atom stereocenters. The average Bonchev–Trinajstić information content (AvgIpc) is 2.73. The van der Waals surface area contributed by atoms with Crippen molar-refractivity contribution in [1.82, 2.24) is 9.80 Å². The molecule has 1 aliphatic heterocycles. The molecule has 0 saturated carbocycles. The Bertz CT molecular complexity index is 470. The van der Waals surface area contributed by atoms with Crippen LogP contribution in [0.2, 0.25) is 5.02 Å². The van der Waals surface area contributed by atoms with Crippen molar-refractivity contribution in [2.75, 3.05) is 26.2 Å². The summed E-state index contributed by atoms with van der Waals surface area (Å²) < 4.78 is 0. The summed E-state index contributed by atoms with van der Waals surface area (Å²) in [6.45, 7) is 6.33. The van der Waals surface area contributed by atoms with E-state index in [1.165, 1.54) is 5.56 Å². The van der Waals surface area contributed by atoms with E-state index < -0.39 is 0 Å². The summed E-state index contributed by atoms with van der Waals surface area (Å²) in [4.78, 5) is 16.4. The zero-order chi connectivity index (χ0) is 15.2. The van der Waals surface area contributed by atoms with Gasteiger partial charge in [0, 0.05) is 37.7 Å². The van der Waals surface area contributed by atoms with Gasteiger partial charge >= 0.3 is 0 Å². The van der Waals surface area contributed by atoms with Crippen molar-refractivity contribution in [3.8, 4) is 0 Å². The van der Waals surface area contributed by atoms with Gasteiger partial charge in [-0.15, -0.1) is 24.8 Å². The van der Waals surface area contributed by atoms with Gasteiger partial charge in [-0.3, -0.25) is 9.69 Å². The maximum Gasteiger partial charge on any atom is 0.239 e. The number of hydrogen-bond acceptors (Lipinski definition) is 3. The molecular weight excluding hydrogens is 357 g/mol. The molecular formula is C16H26Cl3N3O. The average molecular weight is 383 g/mol. The summed E-state index contributed by atoms with van der Waals surface area (Å²) in [6.07, 6.45) is 1.69. The Labute approximate surface area is 156 Å². The molecule has 1 saturated heterocycles. The highest BCUT2D eigenvalue weighted by Crippen LogP contribution is 2.13. The Morgan fingerprint density at radius 2 is 1.83 bits per heavy atom. The van der Waals surface area contributed by atoms with E-state index in [4.69, 9.17) is 17.3 Å². The smallest absolute Gasteiger partial charge is 0.239 e. The molecule has 0 aromatic heterocycles. The third kappa shape index (κ3) is 6.86. The van der Waals surface area contributed by atoms with Crippen LogP contribution in [0, 0.1) is 0 Å². The van der Waals surface area contributed by atoms with Crippen LogP contribution >= 0.6 is 36.4 Å². The molecule has 0 unspecified atom stereocenters. The summed E-state index contributed by atoms with van der Waals surface area (Å²) in [5, 5.41) is 0.764. The Morgan fingerprint density at radius 1 is 1.17 bits per heavy atom. The van der Waals surface area contributed by atoms with Crippen LogP contribution < -0.4 is 5.73 Å². The minimum Gasteiger partial charge on any atom is -0.340 e. The molecule has 1 heterocycles. The van der Waals surface area contributed by atoms with Crippen LogP contribution in [-0.4, -0.2) is 47.9 Å². The van der Waals surface area contributed by atoms with Crippen LogP contribution in [0.3, 0.4) is 0 Å². The Kier molecular flexibility index (Phi) is 10.9. The summed E-state index contributed by atoms with van der Waals surface area (Å²) >= 11 is 5.91. The molecule has 0 bridgehead atoms. The van der Waals surface area contributed by atoms with E-state index in [0.29, 0.717) is 6.42 Å². The lowest BCUT2D eigenvalue weighted by atomic mass is 10.2. The Balaban J connectivity index is 0.00000242. The van der Waals surface area contributed by atoms with Crippen molar-refractivity contribution < 1.29 is 4.79 Å². The second-order valence-electron chi connectivity index (χ2n) is 5.60.